The number of rotatable bonds is 6. The zero-order chi connectivity index (χ0) is 24.2. The van der Waals surface area contributed by atoms with Gasteiger partial charge in [-0.2, -0.15) is 9.78 Å². The molecule has 0 saturated carbocycles. The van der Waals surface area contributed by atoms with Crippen molar-refractivity contribution in [3.63, 3.8) is 0 Å². The molecule has 7 nitrogen and oxygen atoms in total. The second-order valence-electron chi connectivity index (χ2n) is 7.20. The highest BCUT2D eigenvalue weighted by atomic mass is 79.9. The Hall–Kier alpha value is -3.01. The molecule has 172 valence electrons. The third-order valence-corrected chi connectivity index (χ3v) is 6.08. The molecule has 0 aliphatic rings. The molecule has 0 radical (unpaired) electrons. The molecule has 0 aliphatic heterocycles. The number of aromatic nitrogens is 2. The summed E-state index contributed by atoms with van der Waals surface area (Å²) in [4.78, 5) is 29.5. The van der Waals surface area contributed by atoms with E-state index in [1.54, 1.807) is 43.3 Å². The van der Waals surface area contributed by atoms with Crippen molar-refractivity contribution in [2.45, 2.75) is 6.92 Å². The van der Waals surface area contributed by atoms with Gasteiger partial charge in [0.25, 0.3) is 11.5 Å². The molecule has 4 rings (SSSR count). The smallest absolute Gasteiger partial charge is 0.282 e. The molecule has 1 amide bonds. The summed E-state index contributed by atoms with van der Waals surface area (Å²) in [5, 5.41) is 7.79. The van der Waals surface area contributed by atoms with Gasteiger partial charge in [-0.05, 0) is 70.9 Å². The standard InChI is InChI=1S/C24H17Br2ClN4O3/c1-14-29-21-8-7-16(25)11-18(21)24(33)31(14)28-12-15-9-19(26)23(20(27)10-15)34-13-22(32)30-17-5-3-2-4-6-17/h2-12H,13H2,1H3,(H,30,32). The fraction of sp³-hybridized carbons (Fsp3) is 0.0833. The summed E-state index contributed by atoms with van der Waals surface area (Å²) < 4.78 is 8.16. The lowest BCUT2D eigenvalue weighted by Gasteiger charge is -2.11. The molecule has 0 bridgehead atoms. The van der Waals surface area contributed by atoms with E-state index in [9.17, 15) is 9.59 Å². The van der Waals surface area contributed by atoms with Gasteiger partial charge in [0.15, 0.2) is 12.4 Å². The van der Waals surface area contributed by atoms with Crippen LogP contribution < -0.4 is 15.6 Å². The van der Waals surface area contributed by atoms with Crippen molar-refractivity contribution in [2.75, 3.05) is 11.9 Å². The number of hydrogen-bond acceptors (Lipinski definition) is 5. The number of amides is 1. The second kappa shape index (κ2) is 10.5. The summed E-state index contributed by atoms with van der Waals surface area (Å²) in [7, 11) is 0. The van der Waals surface area contributed by atoms with Crippen molar-refractivity contribution in [1.82, 2.24) is 9.66 Å². The SMILES string of the molecule is Cc1nc2ccc(Br)cc2c(=O)n1N=Cc1cc(Cl)c(OCC(=O)Nc2ccccc2)c(Br)c1. The van der Waals surface area contributed by atoms with Crippen molar-refractivity contribution >= 4 is 72.2 Å². The minimum atomic E-state index is -0.315. The summed E-state index contributed by atoms with van der Waals surface area (Å²) >= 11 is 13.2. The van der Waals surface area contributed by atoms with E-state index in [2.05, 4.69) is 47.3 Å². The minimum absolute atomic E-state index is 0.215. The second-order valence-corrected chi connectivity index (χ2v) is 9.38. The Kier molecular flexibility index (Phi) is 7.45. The molecule has 0 unspecified atom stereocenters. The van der Waals surface area contributed by atoms with Crippen LogP contribution in [0.3, 0.4) is 0 Å². The van der Waals surface area contributed by atoms with Crippen molar-refractivity contribution in [3.8, 4) is 5.75 Å². The number of aryl methyl sites for hydroxylation is 1. The largest absolute Gasteiger partial charge is 0.481 e. The molecule has 1 aromatic heterocycles. The van der Waals surface area contributed by atoms with E-state index in [-0.39, 0.29) is 23.1 Å². The fourth-order valence-corrected chi connectivity index (χ4v) is 4.52. The number of nitrogens with zero attached hydrogens (tertiary/aromatic N) is 3. The van der Waals surface area contributed by atoms with Crippen LogP contribution in [0.1, 0.15) is 11.4 Å². The van der Waals surface area contributed by atoms with Crippen molar-refractivity contribution in [3.05, 3.63) is 96.4 Å². The first-order valence-electron chi connectivity index (χ1n) is 10.0. The van der Waals surface area contributed by atoms with E-state index in [4.69, 9.17) is 16.3 Å². The highest BCUT2D eigenvalue weighted by Crippen LogP contribution is 2.34. The van der Waals surface area contributed by atoms with Gasteiger partial charge in [0.1, 0.15) is 5.82 Å². The normalized spacial score (nSPS) is 11.2. The average Bonchev–Trinajstić information content (AvgIpc) is 2.79. The predicted octanol–water partition coefficient (Wildman–Crippen LogP) is 5.78. The van der Waals surface area contributed by atoms with Crippen LogP contribution in [0.4, 0.5) is 5.69 Å². The first-order chi connectivity index (χ1) is 16.3. The molecule has 0 aliphatic carbocycles. The van der Waals surface area contributed by atoms with Crippen molar-refractivity contribution in [2.24, 2.45) is 5.10 Å². The maximum absolute atomic E-state index is 12.9. The Balaban J connectivity index is 1.52. The number of para-hydroxylation sites is 1. The summed E-state index contributed by atoms with van der Waals surface area (Å²) in [5.41, 5.74) is 1.61. The number of carbonyl (C=O) groups excluding carboxylic acids is 1. The fourth-order valence-electron chi connectivity index (χ4n) is 3.17. The van der Waals surface area contributed by atoms with Gasteiger partial charge in [0.05, 0.1) is 26.6 Å². The number of hydrogen-bond donors (Lipinski definition) is 1. The van der Waals surface area contributed by atoms with Crippen LogP contribution in [0.2, 0.25) is 5.02 Å². The van der Waals surface area contributed by atoms with Gasteiger partial charge in [-0.3, -0.25) is 9.59 Å². The first kappa shape index (κ1) is 24.1. The molecular formula is C24H17Br2ClN4O3. The first-order valence-corrected chi connectivity index (χ1v) is 12.0. The van der Waals surface area contributed by atoms with E-state index in [0.717, 1.165) is 4.47 Å². The van der Waals surface area contributed by atoms with Crippen molar-refractivity contribution < 1.29 is 9.53 Å². The van der Waals surface area contributed by atoms with Crippen LogP contribution in [-0.2, 0) is 4.79 Å². The van der Waals surface area contributed by atoms with Gasteiger partial charge in [-0.1, -0.05) is 45.7 Å². The topological polar surface area (TPSA) is 85.6 Å². The monoisotopic (exact) mass is 602 g/mol. The predicted molar refractivity (Wildman–Crippen MR) is 141 cm³/mol. The van der Waals surface area contributed by atoms with Gasteiger partial charge in [0, 0.05) is 10.2 Å². The third kappa shape index (κ3) is 5.55. The van der Waals surface area contributed by atoms with Crippen LogP contribution in [-0.4, -0.2) is 28.4 Å². The maximum Gasteiger partial charge on any atom is 0.282 e. The summed E-state index contributed by atoms with van der Waals surface area (Å²) in [6.45, 7) is 1.49. The third-order valence-electron chi connectivity index (χ3n) is 4.72. The van der Waals surface area contributed by atoms with Crippen LogP contribution in [0, 0.1) is 6.92 Å². The molecule has 1 N–H and O–H groups in total. The van der Waals surface area contributed by atoms with E-state index in [1.165, 1.54) is 10.9 Å². The Morgan fingerprint density at radius 1 is 1.18 bits per heavy atom. The van der Waals surface area contributed by atoms with E-state index < -0.39 is 0 Å². The molecule has 10 heteroatoms. The lowest BCUT2D eigenvalue weighted by Crippen LogP contribution is -2.20. The van der Waals surface area contributed by atoms with Gasteiger partial charge in [-0.25, -0.2) is 4.98 Å². The minimum Gasteiger partial charge on any atom is -0.481 e. The van der Waals surface area contributed by atoms with Gasteiger partial charge in [-0.15, -0.1) is 0 Å². The Morgan fingerprint density at radius 2 is 1.94 bits per heavy atom. The molecule has 4 aromatic rings. The number of anilines is 1. The van der Waals surface area contributed by atoms with Crippen LogP contribution >= 0.6 is 43.5 Å². The number of nitrogens with one attached hydrogen (secondary N) is 1. The molecule has 34 heavy (non-hydrogen) atoms. The Labute approximate surface area is 216 Å². The van der Waals surface area contributed by atoms with Crippen LogP contribution in [0.5, 0.6) is 5.75 Å². The molecule has 0 spiro atoms. The molecular weight excluding hydrogens is 588 g/mol. The summed E-state index contributed by atoms with van der Waals surface area (Å²) in [5.74, 6) is 0.461. The Bertz CT molecular complexity index is 1450. The number of ether oxygens (including phenoxy) is 1. The molecule has 0 atom stereocenters. The van der Waals surface area contributed by atoms with Crippen molar-refractivity contribution in [1.29, 1.82) is 0 Å². The van der Waals surface area contributed by atoms with Gasteiger partial charge in [0.2, 0.25) is 0 Å². The number of halogens is 3. The van der Waals surface area contributed by atoms with Crippen LogP contribution in [0.25, 0.3) is 10.9 Å². The molecule has 0 fully saturated rings. The molecule has 1 heterocycles. The highest BCUT2D eigenvalue weighted by Gasteiger charge is 2.12. The zero-order valence-electron chi connectivity index (χ0n) is 17.8. The lowest BCUT2D eigenvalue weighted by atomic mass is 10.2. The molecule has 3 aromatic carbocycles. The zero-order valence-corrected chi connectivity index (χ0v) is 21.7. The van der Waals surface area contributed by atoms with Crippen LogP contribution in [0.15, 0.2) is 79.5 Å². The molecule has 0 saturated heterocycles. The summed E-state index contributed by atoms with van der Waals surface area (Å²) in [6.07, 6.45) is 1.50. The van der Waals surface area contributed by atoms with E-state index in [1.807, 2.05) is 24.3 Å². The number of fused-ring (bicyclic) bond motifs is 1. The van der Waals surface area contributed by atoms with E-state index in [0.29, 0.717) is 38.2 Å². The summed E-state index contributed by atoms with van der Waals surface area (Å²) in [6, 6.07) is 17.8. The maximum atomic E-state index is 12.9. The van der Waals surface area contributed by atoms with E-state index >= 15 is 0 Å². The number of carbonyl (C=O) groups is 1. The van der Waals surface area contributed by atoms with Gasteiger partial charge >= 0.3 is 0 Å². The number of benzene rings is 3. The highest BCUT2D eigenvalue weighted by molar-refractivity contribution is 9.10. The van der Waals surface area contributed by atoms with Gasteiger partial charge < -0.3 is 10.1 Å². The Morgan fingerprint density at radius 3 is 2.68 bits per heavy atom. The lowest BCUT2D eigenvalue weighted by molar-refractivity contribution is -0.118. The quantitative estimate of drug-likeness (QED) is 0.283. The average molecular weight is 605 g/mol.